The van der Waals surface area contributed by atoms with Crippen molar-refractivity contribution in [2.75, 3.05) is 5.32 Å². The summed E-state index contributed by atoms with van der Waals surface area (Å²) in [4.78, 5) is 16.5. The highest BCUT2D eigenvalue weighted by Crippen LogP contribution is 2.12. The third-order valence-electron chi connectivity index (χ3n) is 4.07. The zero-order valence-corrected chi connectivity index (χ0v) is 16.1. The van der Waals surface area contributed by atoms with Crippen LogP contribution in [0.25, 0.3) is 5.70 Å². The summed E-state index contributed by atoms with van der Waals surface area (Å²) in [6.45, 7) is 2.17. The minimum absolute atomic E-state index is 0. The number of guanidine groups is 1. The van der Waals surface area contributed by atoms with E-state index in [9.17, 15) is 4.79 Å². The summed E-state index contributed by atoms with van der Waals surface area (Å²) in [5.41, 5.74) is 14.4. The molecular weight excluding hydrogens is 366 g/mol. The average Bonchev–Trinajstić information content (AvgIpc) is 3.16. The number of carbonyl (C=O) groups excluding carboxylic acids is 1. The molecule has 0 atom stereocenters. The van der Waals surface area contributed by atoms with Gasteiger partial charge in [0.2, 0.25) is 0 Å². The first-order chi connectivity index (χ1) is 14.0. The van der Waals surface area contributed by atoms with E-state index < -0.39 is 0 Å². The highest BCUT2D eigenvalue weighted by Gasteiger charge is 2.08. The lowest BCUT2D eigenvalue weighted by Gasteiger charge is -2.08. The Kier molecular flexibility index (Phi) is 6.32. The average molecular weight is 393 g/mol. The van der Waals surface area contributed by atoms with Crippen molar-refractivity contribution in [1.29, 1.82) is 0 Å². The maximum absolute atomic E-state index is 12.4. The van der Waals surface area contributed by atoms with E-state index >= 15 is 0 Å². The van der Waals surface area contributed by atoms with Crippen molar-refractivity contribution in [3.63, 3.8) is 0 Å². The van der Waals surface area contributed by atoms with Crippen molar-refractivity contribution in [2.45, 2.75) is 13.5 Å². The molecule has 0 aliphatic heterocycles. The monoisotopic (exact) mass is 393 g/mol. The van der Waals surface area contributed by atoms with Crippen LogP contribution in [0.5, 0.6) is 0 Å². The van der Waals surface area contributed by atoms with Crippen LogP contribution in [0.3, 0.4) is 0 Å². The van der Waals surface area contributed by atoms with Gasteiger partial charge in [-0.25, -0.2) is 4.99 Å². The van der Waals surface area contributed by atoms with E-state index in [2.05, 4.69) is 15.6 Å². The van der Waals surface area contributed by atoms with Crippen LogP contribution < -0.4 is 22.1 Å². The molecule has 3 rings (SSSR count). The summed E-state index contributed by atoms with van der Waals surface area (Å²) in [7, 11) is 0. The topological polar surface area (TPSA) is 119 Å². The minimum Gasteiger partial charge on any atom is -0.465 e. The van der Waals surface area contributed by atoms with Gasteiger partial charge in [-0.3, -0.25) is 4.79 Å². The number of nitrogens with two attached hydrogens (primary N) is 2. The van der Waals surface area contributed by atoms with Crippen molar-refractivity contribution in [1.82, 2.24) is 5.32 Å². The van der Waals surface area contributed by atoms with Gasteiger partial charge in [-0.15, -0.1) is 0 Å². The van der Waals surface area contributed by atoms with Crippen LogP contribution in [-0.4, -0.2) is 11.9 Å². The van der Waals surface area contributed by atoms with Crippen molar-refractivity contribution in [3.8, 4) is 0 Å². The van der Waals surface area contributed by atoms with E-state index in [-0.39, 0.29) is 14.7 Å². The molecular formula is C22H27N5O2. The third-order valence-corrected chi connectivity index (χ3v) is 4.07. The molecule has 0 bridgehead atoms. The van der Waals surface area contributed by atoms with E-state index in [1.54, 1.807) is 24.3 Å². The lowest BCUT2D eigenvalue weighted by molar-refractivity contribution is 0.0948. The molecule has 2 aromatic carbocycles. The molecule has 0 saturated heterocycles. The van der Waals surface area contributed by atoms with Crippen LogP contribution in [0.2, 0.25) is 0 Å². The number of rotatable bonds is 6. The number of hydrogen-bond donors (Lipinski definition) is 4. The number of anilines is 1. The Labute approximate surface area is 172 Å². The van der Waals surface area contributed by atoms with Crippen LogP contribution in [0.15, 0.2) is 82.3 Å². The molecule has 1 amide bonds. The molecule has 0 fully saturated rings. The number of nitrogens with one attached hydrogen (secondary N) is 2. The summed E-state index contributed by atoms with van der Waals surface area (Å²) < 4.78 is 5.45. The number of amides is 1. The first-order valence-electron chi connectivity index (χ1n) is 9.06. The van der Waals surface area contributed by atoms with Gasteiger partial charge in [-0.1, -0.05) is 36.4 Å². The van der Waals surface area contributed by atoms with Crippen LogP contribution in [0, 0.1) is 6.92 Å². The number of furan rings is 1. The van der Waals surface area contributed by atoms with E-state index in [0.717, 1.165) is 11.3 Å². The van der Waals surface area contributed by atoms with E-state index in [1.165, 1.54) is 6.20 Å². The van der Waals surface area contributed by atoms with E-state index in [0.29, 0.717) is 29.3 Å². The van der Waals surface area contributed by atoms with Gasteiger partial charge in [-0.05, 0) is 42.8 Å². The van der Waals surface area contributed by atoms with Crippen molar-refractivity contribution in [3.05, 3.63) is 95.6 Å². The molecule has 1 heterocycles. The van der Waals surface area contributed by atoms with Gasteiger partial charge in [0.25, 0.3) is 5.91 Å². The number of benzene rings is 2. The highest BCUT2D eigenvalue weighted by molar-refractivity contribution is 5.97. The molecule has 1 aromatic heterocycles. The third kappa shape index (κ3) is 5.74. The molecule has 152 valence electrons. The molecule has 3 aromatic rings. The Balaban J connectivity index is 0.00000240. The predicted octanol–water partition coefficient (Wildman–Crippen LogP) is 3.69. The smallest absolute Gasteiger partial charge is 0.251 e. The summed E-state index contributed by atoms with van der Waals surface area (Å²) in [5.74, 6) is 1.44. The fourth-order valence-electron chi connectivity index (χ4n) is 2.61. The highest BCUT2D eigenvalue weighted by atomic mass is 16.3. The standard InChI is InChI=1S/C22H23N5O2.2H2/c1-15-10-11-19(29-15)13-25-21(28)17-8-5-9-18(12-17)27-22(24)26-14-20(23)16-6-3-2-4-7-16;;/h2-12,14H,13,23H2,1H3,(H,25,28)(H3,24,26,27);2*1H/b20-14-;;. The minimum atomic E-state index is -0.216. The predicted molar refractivity (Wildman–Crippen MR) is 119 cm³/mol. The van der Waals surface area contributed by atoms with E-state index in [1.807, 2.05) is 49.4 Å². The van der Waals surface area contributed by atoms with Gasteiger partial charge in [0.05, 0.1) is 18.4 Å². The van der Waals surface area contributed by atoms with Crippen LogP contribution in [0.1, 0.15) is 30.3 Å². The lowest BCUT2D eigenvalue weighted by atomic mass is 10.2. The fraction of sp³-hybridized carbons (Fsp3) is 0.0909. The second-order valence-corrected chi connectivity index (χ2v) is 6.37. The fourth-order valence-corrected chi connectivity index (χ4v) is 2.61. The molecule has 7 nitrogen and oxygen atoms in total. The van der Waals surface area contributed by atoms with Crippen molar-refractivity contribution < 1.29 is 12.1 Å². The quantitative estimate of drug-likeness (QED) is 0.376. The number of nitrogens with zero attached hydrogens (tertiary/aromatic N) is 1. The zero-order chi connectivity index (χ0) is 20.6. The van der Waals surface area contributed by atoms with Gasteiger partial charge in [0.1, 0.15) is 11.5 Å². The van der Waals surface area contributed by atoms with Crippen molar-refractivity contribution in [2.24, 2.45) is 16.5 Å². The Bertz CT molecular complexity index is 1050. The number of carbonyl (C=O) groups is 1. The van der Waals surface area contributed by atoms with E-state index in [4.69, 9.17) is 15.9 Å². The van der Waals surface area contributed by atoms with Gasteiger partial charge in [-0.2, -0.15) is 0 Å². The SMILES string of the molecule is Cc1ccc(CNC(=O)c2cccc(NC(N)=N/C=C(\N)c3ccccc3)c2)o1.[HH].[HH]. The van der Waals surface area contributed by atoms with Gasteiger partial charge >= 0.3 is 0 Å². The first kappa shape index (κ1) is 19.8. The van der Waals surface area contributed by atoms with Crippen LogP contribution >= 0.6 is 0 Å². The summed E-state index contributed by atoms with van der Waals surface area (Å²) in [5, 5.41) is 5.77. The zero-order valence-electron chi connectivity index (χ0n) is 16.1. The summed E-state index contributed by atoms with van der Waals surface area (Å²) in [6.07, 6.45) is 1.49. The number of aliphatic imine (C=N–C) groups is 1. The Hall–Kier alpha value is -4.00. The molecule has 0 unspecified atom stereocenters. The van der Waals surface area contributed by atoms with Crippen LogP contribution in [0.4, 0.5) is 5.69 Å². The molecule has 29 heavy (non-hydrogen) atoms. The first-order valence-corrected chi connectivity index (χ1v) is 9.06. The van der Waals surface area contributed by atoms with Gasteiger partial charge in [0, 0.05) is 14.1 Å². The number of aryl methyl sites for hydroxylation is 1. The second kappa shape index (κ2) is 9.27. The van der Waals surface area contributed by atoms with Crippen LogP contribution in [-0.2, 0) is 6.54 Å². The summed E-state index contributed by atoms with van der Waals surface area (Å²) in [6, 6.07) is 20.1. The van der Waals surface area contributed by atoms with Gasteiger partial charge in [0.15, 0.2) is 5.96 Å². The lowest BCUT2D eigenvalue weighted by Crippen LogP contribution is -2.24. The molecule has 0 spiro atoms. The Morgan fingerprint density at radius 3 is 2.55 bits per heavy atom. The maximum Gasteiger partial charge on any atom is 0.251 e. The largest absolute Gasteiger partial charge is 0.465 e. The molecule has 7 heteroatoms. The molecule has 0 aliphatic rings. The molecule has 0 saturated carbocycles. The van der Waals surface area contributed by atoms with Gasteiger partial charge < -0.3 is 26.5 Å². The normalized spacial score (nSPS) is 11.9. The number of hydrogen-bond acceptors (Lipinski definition) is 4. The molecule has 0 radical (unpaired) electrons. The van der Waals surface area contributed by atoms with Crippen molar-refractivity contribution >= 4 is 23.3 Å². The Morgan fingerprint density at radius 1 is 1.07 bits per heavy atom. The molecule has 6 N–H and O–H groups in total. The summed E-state index contributed by atoms with van der Waals surface area (Å²) >= 11 is 0. The second-order valence-electron chi connectivity index (χ2n) is 6.37. The Morgan fingerprint density at radius 2 is 1.83 bits per heavy atom. The maximum atomic E-state index is 12.4. The molecule has 0 aliphatic carbocycles.